The number of hydrogen-bond donors (Lipinski definition) is 2. The fourth-order valence-electron chi connectivity index (χ4n) is 3.66. The number of fused-ring (bicyclic) bond motifs is 3. The molecule has 0 aliphatic carbocycles. The molecule has 2 aromatic carbocycles. The molecule has 1 fully saturated rings. The highest BCUT2D eigenvalue weighted by atomic mass is 16.3. The van der Waals surface area contributed by atoms with E-state index in [-0.39, 0.29) is 18.3 Å². The Labute approximate surface area is 151 Å². The number of aromatic nitrogens is 1. The van der Waals surface area contributed by atoms with Gasteiger partial charge in [0.05, 0.1) is 12.1 Å². The van der Waals surface area contributed by atoms with Crippen LogP contribution in [0.5, 0.6) is 5.88 Å². The summed E-state index contributed by atoms with van der Waals surface area (Å²) in [5.41, 5.74) is 1.09. The third kappa shape index (κ3) is 3.32. The summed E-state index contributed by atoms with van der Waals surface area (Å²) in [5, 5.41) is 21.0. The summed E-state index contributed by atoms with van der Waals surface area (Å²) in [6.07, 6.45) is 4.70. The van der Waals surface area contributed by atoms with Crippen LogP contribution in [0.4, 0.5) is 5.69 Å². The molecule has 1 amide bonds. The number of azo groups is 1. The van der Waals surface area contributed by atoms with Crippen LogP contribution in [-0.4, -0.2) is 40.5 Å². The molecule has 2 heterocycles. The van der Waals surface area contributed by atoms with E-state index in [4.69, 9.17) is 0 Å². The number of hydrogen-bond acceptors (Lipinski definition) is 4. The molecule has 0 spiro atoms. The van der Waals surface area contributed by atoms with Gasteiger partial charge < -0.3 is 10.1 Å². The minimum Gasteiger partial charge on any atom is -0.493 e. The lowest BCUT2D eigenvalue weighted by Gasteiger charge is -2.16. The van der Waals surface area contributed by atoms with Crippen molar-refractivity contribution in [1.29, 1.82) is 0 Å². The first-order valence-corrected chi connectivity index (χ1v) is 9.12. The molecule has 0 radical (unpaired) electrons. The maximum Gasteiger partial charge on any atom is 0.278 e. The minimum atomic E-state index is -0.277. The standard InChI is InChI=1S/C20H22N4O2/c25-17(13-24-11-5-1-2-6-12-24)22-23-19-18-15-8-4-3-7-14(15)9-10-16(18)21-20(19)26/h3-4,7-10,21,26H,1-2,5-6,11-13H2. The second kappa shape index (κ2) is 7.25. The number of benzene rings is 2. The zero-order valence-electron chi connectivity index (χ0n) is 14.6. The van der Waals surface area contributed by atoms with Crippen LogP contribution in [0.2, 0.25) is 0 Å². The average Bonchev–Trinajstić information content (AvgIpc) is 2.80. The maximum absolute atomic E-state index is 12.2. The Hall–Kier alpha value is -2.73. The van der Waals surface area contributed by atoms with Gasteiger partial charge in [0.1, 0.15) is 0 Å². The molecule has 2 N–H and O–H groups in total. The highest BCUT2D eigenvalue weighted by Gasteiger charge is 2.15. The zero-order valence-corrected chi connectivity index (χ0v) is 14.6. The summed E-state index contributed by atoms with van der Waals surface area (Å²) in [7, 11) is 0. The molecule has 1 aliphatic heterocycles. The van der Waals surface area contributed by atoms with Gasteiger partial charge in [0.25, 0.3) is 5.91 Å². The number of carbonyl (C=O) groups is 1. The van der Waals surface area contributed by atoms with Crippen LogP contribution >= 0.6 is 0 Å². The van der Waals surface area contributed by atoms with Crippen molar-refractivity contribution in [3.05, 3.63) is 36.4 Å². The number of amides is 1. The summed E-state index contributed by atoms with van der Waals surface area (Å²) in [5.74, 6) is -0.344. The van der Waals surface area contributed by atoms with Gasteiger partial charge in [0.15, 0.2) is 5.69 Å². The molecule has 6 heteroatoms. The Kier molecular flexibility index (Phi) is 4.67. The van der Waals surface area contributed by atoms with Crippen molar-refractivity contribution in [3.63, 3.8) is 0 Å². The molecular formula is C20H22N4O2. The smallest absolute Gasteiger partial charge is 0.278 e. The van der Waals surface area contributed by atoms with Crippen LogP contribution in [0.25, 0.3) is 21.7 Å². The quantitative estimate of drug-likeness (QED) is 0.682. The number of aromatic amines is 1. The van der Waals surface area contributed by atoms with Gasteiger partial charge in [0, 0.05) is 5.39 Å². The van der Waals surface area contributed by atoms with E-state index in [0.29, 0.717) is 5.69 Å². The number of aromatic hydroxyl groups is 1. The SMILES string of the molecule is O=C(CN1CCCCCC1)N=Nc1c(O)[nH]c2ccc3ccccc3c12. The van der Waals surface area contributed by atoms with Crippen molar-refractivity contribution in [1.82, 2.24) is 9.88 Å². The van der Waals surface area contributed by atoms with E-state index in [1.807, 2.05) is 36.4 Å². The van der Waals surface area contributed by atoms with Gasteiger partial charge in [-0.2, -0.15) is 0 Å². The molecule has 0 atom stereocenters. The van der Waals surface area contributed by atoms with Gasteiger partial charge in [-0.25, -0.2) is 0 Å². The Morgan fingerprint density at radius 1 is 1.08 bits per heavy atom. The van der Waals surface area contributed by atoms with Gasteiger partial charge in [-0.15, -0.1) is 10.2 Å². The largest absolute Gasteiger partial charge is 0.493 e. The molecule has 4 rings (SSSR count). The van der Waals surface area contributed by atoms with E-state index in [2.05, 4.69) is 20.1 Å². The first-order chi connectivity index (χ1) is 12.7. The van der Waals surface area contributed by atoms with E-state index in [9.17, 15) is 9.90 Å². The van der Waals surface area contributed by atoms with Gasteiger partial charge in [0.2, 0.25) is 5.88 Å². The van der Waals surface area contributed by atoms with Crippen LogP contribution in [0, 0.1) is 0 Å². The first kappa shape index (κ1) is 16.7. The van der Waals surface area contributed by atoms with Crippen molar-refractivity contribution in [2.45, 2.75) is 25.7 Å². The van der Waals surface area contributed by atoms with Crippen LogP contribution in [0.15, 0.2) is 46.6 Å². The number of H-pyrrole nitrogens is 1. The normalized spacial score (nSPS) is 16.5. The third-order valence-electron chi connectivity index (χ3n) is 4.96. The van der Waals surface area contributed by atoms with Gasteiger partial charge >= 0.3 is 0 Å². The number of carbonyl (C=O) groups excluding carboxylic acids is 1. The second-order valence-electron chi connectivity index (χ2n) is 6.82. The summed E-state index contributed by atoms with van der Waals surface area (Å²) in [6, 6.07) is 11.8. The Balaban J connectivity index is 1.62. The minimum absolute atomic E-state index is 0.0670. The van der Waals surface area contributed by atoms with Crippen LogP contribution in [0.3, 0.4) is 0 Å². The van der Waals surface area contributed by atoms with Crippen molar-refractivity contribution in [2.75, 3.05) is 19.6 Å². The molecule has 6 nitrogen and oxygen atoms in total. The summed E-state index contributed by atoms with van der Waals surface area (Å²) in [6.45, 7) is 2.15. The maximum atomic E-state index is 12.2. The van der Waals surface area contributed by atoms with Crippen LogP contribution < -0.4 is 0 Å². The van der Waals surface area contributed by atoms with E-state index in [1.54, 1.807) is 0 Å². The van der Waals surface area contributed by atoms with Crippen molar-refractivity contribution in [2.24, 2.45) is 10.2 Å². The lowest BCUT2D eigenvalue weighted by molar-refractivity contribution is -0.119. The molecule has 3 aromatic rings. The molecule has 0 unspecified atom stereocenters. The monoisotopic (exact) mass is 350 g/mol. The third-order valence-corrected chi connectivity index (χ3v) is 4.96. The number of rotatable bonds is 3. The number of nitrogens with one attached hydrogen (secondary N) is 1. The predicted octanol–water partition coefficient (Wildman–Crippen LogP) is 4.51. The highest BCUT2D eigenvalue weighted by molar-refractivity contribution is 6.13. The number of nitrogens with zero attached hydrogens (tertiary/aromatic N) is 3. The number of likely N-dealkylation sites (tertiary alicyclic amines) is 1. The summed E-state index contributed by atoms with van der Waals surface area (Å²) >= 11 is 0. The molecular weight excluding hydrogens is 328 g/mol. The van der Waals surface area contributed by atoms with Crippen molar-refractivity contribution in [3.8, 4) is 5.88 Å². The summed E-state index contributed by atoms with van der Waals surface area (Å²) in [4.78, 5) is 17.3. The molecule has 0 saturated carbocycles. The van der Waals surface area contributed by atoms with Crippen molar-refractivity contribution >= 4 is 33.3 Å². The zero-order chi connectivity index (χ0) is 17.9. The molecule has 1 saturated heterocycles. The molecule has 1 aliphatic rings. The Bertz CT molecular complexity index is 969. The molecule has 0 bridgehead atoms. The summed E-state index contributed by atoms with van der Waals surface area (Å²) < 4.78 is 0. The molecule has 1 aromatic heterocycles. The molecule has 26 heavy (non-hydrogen) atoms. The van der Waals surface area contributed by atoms with Gasteiger partial charge in [-0.1, -0.05) is 43.2 Å². The average molecular weight is 350 g/mol. The van der Waals surface area contributed by atoms with Crippen LogP contribution in [-0.2, 0) is 4.79 Å². The van der Waals surface area contributed by atoms with Gasteiger partial charge in [-0.3, -0.25) is 9.69 Å². The topological polar surface area (TPSA) is 81.1 Å². The van der Waals surface area contributed by atoms with E-state index in [1.165, 1.54) is 12.8 Å². The first-order valence-electron chi connectivity index (χ1n) is 9.12. The fraction of sp³-hybridized carbons (Fsp3) is 0.350. The lowest BCUT2D eigenvalue weighted by atomic mass is 10.1. The second-order valence-corrected chi connectivity index (χ2v) is 6.82. The Morgan fingerprint density at radius 3 is 2.65 bits per heavy atom. The van der Waals surface area contributed by atoms with Crippen molar-refractivity contribution < 1.29 is 9.90 Å². The van der Waals surface area contributed by atoms with Gasteiger partial charge in [-0.05, 0) is 42.8 Å². The van der Waals surface area contributed by atoms with E-state index < -0.39 is 0 Å². The van der Waals surface area contributed by atoms with E-state index >= 15 is 0 Å². The fourth-order valence-corrected chi connectivity index (χ4v) is 3.66. The molecule has 134 valence electrons. The van der Waals surface area contributed by atoms with Crippen LogP contribution in [0.1, 0.15) is 25.7 Å². The highest BCUT2D eigenvalue weighted by Crippen LogP contribution is 2.39. The predicted molar refractivity (Wildman–Crippen MR) is 102 cm³/mol. The van der Waals surface area contributed by atoms with E-state index in [0.717, 1.165) is 47.6 Å². The Morgan fingerprint density at radius 2 is 1.85 bits per heavy atom. The lowest BCUT2D eigenvalue weighted by Crippen LogP contribution is -2.29.